The molecule has 0 radical (unpaired) electrons. The van der Waals surface area contributed by atoms with Gasteiger partial charge in [-0.15, -0.1) is 0 Å². The van der Waals surface area contributed by atoms with E-state index in [-0.39, 0.29) is 0 Å². The Morgan fingerprint density at radius 1 is 1.10 bits per heavy atom. The van der Waals surface area contributed by atoms with Gasteiger partial charge in [-0.2, -0.15) is 5.10 Å². The Labute approximate surface area is 118 Å². The molecule has 1 fully saturated rings. The monoisotopic (exact) mass is 263 g/mol. The summed E-state index contributed by atoms with van der Waals surface area (Å²) in [7, 11) is 0. The van der Waals surface area contributed by atoms with Gasteiger partial charge in [0.2, 0.25) is 0 Å². The second-order valence-electron chi connectivity index (χ2n) is 5.62. The molecule has 0 unspecified atom stereocenters. The summed E-state index contributed by atoms with van der Waals surface area (Å²) in [6.45, 7) is 2.03. The van der Waals surface area contributed by atoms with Crippen LogP contribution in [-0.4, -0.2) is 14.6 Å². The number of rotatable bonds is 2. The molecule has 1 saturated carbocycles. The Kier molecular flexibility index (Phi) is 2.59. The summed E-state index contributed by atoms with van der Waals surface area (Å²) in [5.74, 6) is 0.641. The SMILES string of the molecule is Cc1cc2nc(-c3ccccc3)cc(C3CCC3)n2n1. The van der Waals surface area contributed by atoms with Crippen LogP contribution in [0.25, 0.3) is 16.9 Å². The number of benzene rings is 1. The summed E-state index contributed by atoms with van der Waals surface area (Å²) in [5, 5.41) is 4.60. The van der Waals surface area contributed by atoms with E-state index in [2.05, 4.69) is 41.5 Å². The first-order chi connectivity index (χ1) is 9.81. The summed E-state index contributed by atoms with van der Waals surface area (Å²) in [5.41, 5.74) is 5.54. The molecule has 0 amide bonds. The van der Waals surface area contributed by atoms with E-state index in [1.165, 1.54) is 30.5 Å². The Hall–Kier alpha value is -2.16. The zero-order valence-corrected chi connectivity index (χ0v) is 11.6. The van der Waals surface area contributed by atoms with Crippen molar-refractivity contribution in [2.24, 2.45) is 0 Å². The Balaban J connectivity index is 1.94. The number of aryl methyl sites for hydroxylation is 1. The van der Waals surface area contributed by atoms with Crippen LogP contribution in [0.5, 0.6) is 0 Å². The number of nitrogens with zero attached hydrogens (tertiary/aromatic N) is 3. The predicted molar refractivity (Wildman–Crippen MR) is 79.8 cm³/mol. The number of hydrogen-bond donors (Lipinski definition) is 0. The van der Waals surface area contributed by atoms with Crippen LogP contribution in [0.4, 0.5) is 0 Å². The third-order valence-electron chi connectivity index (χ3n) is 4.17. The summed E-state index contributed by atoms with van der Waals surface area (Å²) in [6.07, 6.45) is 3.87. The molecule has 4 rings (SSSR count). The fraction of sp³-hybridized carbons (Fsp3) is 0.294. The van der Waals surface area contributed by atoms with Crippen molar-refractivity contribution < 1.29 is 0 Å². The highest BCUT2D eigenvalue weighted by atomic mass is 15.3. The van der Waals surface area contributed by atoms with Crippen molar-refractivity contribution in [2.75, 3.05) is 0 Å². The first kappa shape index (κ1) is 11.6. The summed E-state index contributed by atoms with van der Waals surface area (Å²) in [4.78, 5) is 4.77. The fourth-order valence-electron chi connectivity index (χ4n) is 2.86. The third kappa shape index (κ3) is 1.82. The van der Waals surface area contributed by atoms with Crippen LogP contribution in [0.15, 0.2) is 42.5 Å². The lowest BCUT2D eigenvalue weighted by Gasteiger charge is -2.26. The minimum absolute atomic E-state index is 0.641. The van der Waals surface area contributed by atoms with Gasteiger partial charge in [-0.05, 0) is 25.8 Å². The van der Waals surface area contributed by atoms with Crippen LogP contribution >= 0.6 is 0 Å². The molecule has 0 aliphatic heterocycles. The summed E-state index contributed by atoms with van der Waals surface area (Å²) in [6, 6.07) is 14.7. The molecule has 0 N–H and O–H groups in total. The molecule has 0 atom stereocenters. The summed E-state index contributed by atoms with van der Waals surface area (Å²) < 4.78 is 2.03. The van der Waals surface area contributed by atoms with Crippen LogP contribution in [0.2, 0.25) is 0 Å². The number of fused-ring (bicyclic) bond motifs is 1. The van der Waals surface area contributed by atoms with Crippen molar-refractivity contribution in [2.45, 2.75) is 32.1 Å². The van der Waals surface area contributed by atoms with E-state index in [9.17, 15) is 0 Å². The smallest absolute Gasteiger partial charge is 0.156 e. The lowest BCUT2D eigenvalue weighted by Crippen LogP contribution is -2.14. The van der Waals surface area contributed by atoms with Crippen molar-refractivity contribution in [3.8, 4) is 11.3 Å². The molecule has 3 heteroatoms. The molecule has 0 bridgehead atoms. The molecule has 2 aromatic heterocycles. The van der Waals surface area contributed by atoms with E-state index in [0.29, 0.717) is 5.92 Å². The normalized spacial score (nSPS) is 15.4. The van der Waals surface area contributed by atoms with E-state index in [1.54, 1.807) is 0 Å². The zero-order valence-electron chi connectivity index (χ0n) is 11.6. The molecule has 0 saturated heterocycles. The fourth-order valence-corrected chi connectivity index (χ4v) is 2.86. The molecule has 100 valence electrons. The van der Waals surface area contributed by atoms with Crippen LogP contribution in [0.1, 0.15) is 36.6 Å². The quantitative estimate of drug-likeness (QED) is 0.700. The molecular formula is C17H17N3. The van der Waals surface area contributed by atoms with E-state index >= 15 is 0 Å². The average Bonchev–Trinajstić information content (AvgIpc) is 2.78. The highest BCUT2D eigenvalue weighted by Gasteiger charge is 2.23. The van der Waals surface area contributed by atoms with Crippen LogP contribution in [-0.2, 0) is 0 Å². The van der Waals surface area contributed by atoms with Crippen LogP contribution in [0.3, 0.4) is 0 Å². The predicted octanol–water partition coefficient (Wildman–Crippen LogP) is 3.97. The Bertz CT molecular complexity index is 755. The van der Waals surface area contributed by atoms with Gasteiger partial charge < -0.3 is 0 Å². The molecule has 2 heterocycles. The number of hydrogen-bond acceptors (Lipinski definition) is 2. The van der Waals surface area contributed by atoms with Gasteiger partial charge in [0.1, 0.15) is 0 Å². The maximum absolute atomic E-state index is 4.77. The zero-order chi connectivity index (χ0) is 13.5. The molecule has 1 aromatic carbocycles. The molecule has 1 aliphatic rings. The topological polar surface area (TPSA) is 30.2 Å². The standard InChI is InChI=1S/C17H17N3/c1-12-10-17-18-15(13-6-3-2-4-7-13)11-16(20(17)19-12)14-8-5-9-14/h2-4,6-7,10-11,14H,5,8-9H2,1H3. The number of aromatic nitrogens is 3. The highest BCUT2D eigenvalue weighted by Crippen LogP contribution is 2.37. The van der Waals surface area contributed by atoms with Gasteiger partial charge in [-0.25, -0.2) is 9.50 Å². The van der Waals surface area contributed by atoms with Gasteiger partial charge in [0, 0.05) is 23.2 Å². The second kappa shape index (κ2) is 4.44. The van der Waals surface area contributed by atoms with Crippen LogP contribution in [0, 0.1) is 6.92 Å². The maximum Gasteiger partial charge on any atom is 0.156 e. The van der Waals surface area contributed by atoms with Gasteiger partial charge in [0.05, 0.1) is 11.4 Å². The lowest BCUT2D eigenvalue weighted by molar-refractivity contribution is 0.404. The molecule has 3 nitrogen and oxygen atoms in total. The van der Waals surface area contributed by atoms with E-state index in [1.807, 2.05) is 17.5 Å². The van der Waals surface area contributed by atoms with Crippen molar-refractivity contribution in [3.05, 3.63) is 53.9 Å². The van der Waals surface area contributed by atoms with Gasteiger partial charge in [-0.3, -0.25) is 0 Å². The van der Waals surface area contributed by atoms with Gasteiger partial charge in [0.25, 0.3) is 0 Å². The highest BCUT2D eigenvalue weighted by molar-refractivity contribution is 5.62. The molecule has 3 aromatic rings. The third-order valence-corrected chi connectivity index (χ3v) is 4.17. The van der Waals surface area contributed by atoms with Crippen molar-refractivity contribution in [3.63, 3.8) is 0 Å². The maximum atomic E-state index is 4.77. The summed E-state index contributed by atoms with van der Waals surface area (Å²) >= 11 is 0. The molecule has 0 spiro atoms. The second-order valence-corrected chi connectivity index (χ2v) is 5.62. The van der Waals surface area contributed by atoms with Crippen molar-refractivity contribution in [1.29, 1.82) is 0 Å². The van der Waals surface area contributed by atoms with E-state index in [4.69, 9.17) is 4.98 Å². The van der Waals surface area contributed by atoms with E-state index in [0.717, 1.165) is 17.0 Å². The Morgan fingerprint density at radius 2 is 1.90 bits per heavy atom. The first-order valence-corrected chi connectivity index (χ1v) is 7.24. The van der Waals surface area contributed by atoms with E-state index < -0.39 is 0 Å². The van der Waals surface area contributed by atoms with Crippen LogP contribution < -0.4 is 0 Å². The lowest BCUT2D eigenvalue weighted by atomic mass is 9.82. The minimum Gasteiger partial charge on any atom is -0.229 e. The average molecular weight is 263 g/mol. The largest absolute Gasteiger partial charge is 0.229 e. The minimum atomic E-state index is 0.641. The van der Waals surface area contributed by atoms with Gasteiger partial charge >= 0.3 is 0 Å². The molecule has 1 aliphatic carbocycles. The molecular weight excluding hydrogens is 246 g/mol. The van der Waals surface area contributed by atoms with Crippen molar-refractivity contribution >= 4 is 5.65 Å². The Morgan fingerprint density at radius 3 is 2.60 bits per heavy atom. The molecule has 20 heavy (non-hydrogen) atoms. The van der Waals surface area contributed by atoms with Crippen molar-refractivity contribution in [1.82, 2.24) is 14.6 Å². The van der Waals surface area contributed by atoms with Gasteiger partial charge in [0.15, 0.2) is 5.65 Å². The first-order valence-electron chi connectivity index (χ1n) is 7.24. The van der Waals surface area contributed by atoms with Gasteiger partial charge in [-0.1, -0.05) is 36.8 Å².